The smallest absolute Gasteiger partial charge is 0.149 e. The van der Waals surface area contributed by atoms with Crippen LogP contribution in [0.2, 0.25) is 10.0 Å². The fourth-order valence-corrected chi connectivity index (χ4v) is 1.34. The van der Waals surface area contributed by atoms with Gasteiger partial charge in [0.1, 0.15) is 5.82 Å². The lowest BCUT2D eigenvalue weighted by molar-refractivity contribution is 0.632. The second-order valence-corrected chi connectivity index (χ2v) is 3.46. The molecule has 0 atom stereocenters. The van der Waals surface area contributed by atoms with E-state index in [4.69, 9.17) is 28.9 Å². The summed E-state index contributed by atoms with van der Waals surface area (Å²) >= 11 is 14.2. The topological polar surface area (TPSA) is 26.0 Å². The summed E-state index contributed by atoms with van der Waals surface area (Å²) in [6.07, 6.45) is 0. The van der Waals surface area contributed by atoms with Crippen molar-refractivity contribution in [1.29, 1.82) is 0 Å². The summed E-state index contributed by atoms with van der Waals surface area (Å²) in [4.78, 5) is 0. The van der Waals surface area contributed by atoms with E-state index in [1.165, 1.54) is 0 Å². The molecule has 0 aliphatic carbocycles. The van der Waals surface area contributed by atoms with Crippen molar-refractivity contribution in [3.8, 4) is 0 Å². The zero-order valence-corrected chi connectivity index (χ0v) is 9.49. The predicted octanol–water partition coefficient (Wildman–Crippen LogP) is 3.90. The molecule has 0 amide bonds. The van der Waals surface area contributed by atoms with Crippen LogP contribution in [0.25, 0.3) is 0 Å². The van der Waals surface area contributed by atoms with Crippen LogP contribution in [0.1, 0.15) is 0 Å². The summed E-state index contributed by atoms with van der Waals surface area (Å²) in [6, 6.07) is 1.10. The van der Waals surface area contributed by atoms with Crippen molar-refractivity contribution < 1.29 is 4.39 Å². The third-order valence-corrected chi connectivity index (χ3v) is 3.12. The van der Waals surface area contributed by atoms with Crippen LogP contribution in [-0.2, 0) is 0 Å². The Kier molecular flexibility index (Phi) is 4.62. The number of halogens is 5. The molecule has 6 heteroatoms. The Hall–Kier alpha value is 0.300. The quantitative estimate of drug-likeness (QED) is 0.438. The van der Waals surface area contributed by atoms with E-state index in [1.54, 1.807) is 0 Å². The summed E-state index contributed by atoms with van der Waals surface area (Å²) < 4.78 is 13.1. The molecular formula is C6H4BrCl3FN. The largest absolute Gasteiger partial charge is 0.395 e. The monoisotopic (exact) mass is 293 g/mol. The second-order valence-electron chi connectivity index (χ2n) is 1.88. The number of hydrogen-bond acceptors (Lipinski definition) is 1. The number of nitrogens with two attached hydrogens (primary N) is 1. The number of rotatable bonds is 0. The Labute approximate surface area is 93.6 Å². The molecule has 2 N–H and O–H groups in total. The van der Waals surface area contributed by atoms with Crippen molar-refractivity contribution in [2.45, 2.75) is 0 Å². The van der Waals surface area contributed by atoms with Crippen molar-refractivity contribution in [3.63, 3.8) is 0 Å². The molecule has 1 aromatic carbocycles. The maximum absolute atomic E-state index is 12.7. The first-order valence-electron chi connectivity index (χ1n) is 2.62. The van der Waals surface area contributed by atoms with Crippen molar-refractivity contribution in [3.05, 3.63) is 26.4 Å². The Morgan fingerprint density at radius 1 is 1.42 bits per heavy atom. The maximum atomic E-state index is 12.7. The molecule has 0 heterocycles. The first-order chi connectivity index (χ1) is 5.04. The van der Waals surface area contributed by atoms with E-state index in [0.717, 1.165) is 6.07 Å². The first-order valence-corrected chi connectivity index (χ1v) is 4.17. The maximum Gasteiger partial charge on any atom is 0.149 e. The standard InChI is InChI=1S/C6H3BrCl2FN.ClH/c7-4-2(8)1-3(10)6(11)5(4)9;/h1H,11H2;1H. The van der Waals surface area contributed by atoms with Gasteiger partial charge in [0, 0.05) is 0 Å². The van der Waals surface area contributed by atoms with Gasteiger partial charge in [-0.05, 0) is 22.0 Å². The molecule has 0 aromatic heterocycles. The van der Waals surface area contributed by atoms with Gasteiger partial charge in [-0.1, -0.05) is 23.2 Å². The highest BCUT2D eigenvalue weighted by Gasteiger charge is 2.10. The van der Waals surface area contributed by atoms with Crippen molar-refractivity contribution in [1.82, 2.24) is 0 Å². The highest BCUT2D eigenvalue weighted by Crippen LogP contribution is 2.36. The lowest BCUT2D eigenvalue weighted by Gasteiger charge is -2.03. The van der Waals surface area contributed by atoms with Gasteiger partial charge in [-0.25, -0.2) is 4.39 Å². The lowest BCUT2D eigenvalue weighted by Crippen LogP contribution is -1.92. The molecule has 68 valence electrons. The molecule has 1 nitrogen and oxygen atoms in total. The van der Waals surface area contributed by atoms with Gasteiger partial charge >= 0.3 is 0 Å². The average molecular weight is 295 g/mol. The number of nitrogen functional groups attached to an aromatic ring is 1. The van der Waals surface area contributed by atoms with Crippen molar-refractivity contribution in [2.75, 3.05) is 5.73 Å². The molecule has 12 heavy (non-hydrogen) atoms. The van der Waals surface area contributed by atoms with Gasteiger partial charge in [0.2, 0.25) is 0 Å². The zero-order valence-electron chi connectivity index (χ0n) is 5.57. The van der Waals surface area contributed by atoms with Crippen LogP contribution in [0.15, 0.2) is 10.5 Å². The van der Waals surface area contributed by atoms with Crippen LogP contribution in [-0.4, -0.2) is 0 Å². The molecule has 0 aliphatic heterocycles. The average Bonchev–Trinajstić information content (AvgIpc) is 1.97. The molecule has 1 rings (SSSR count). The Balaban J connectivity index is 0.00000121. The van der Waals surface area contributed by atoms with Crippen molar-refractivity contribution >= 4 is 57.2 Å². The third-order valence-electron chi connectivity index (χ3n) is 1.15. The summed E-state index contributed by atoms with van der Waals surface area (Å²) in [5, 5.41) is 0.316. The Morgan fingerprint density at radius 3 is 2.42 bits per heavy atom. The van der Waals surface area contributed by atoms with Crippen LogP contribution in [0, 0.1) is 5.82 Å². The van der Waals surface area contributed by atoms with E-state index >= 15 is 0 Å². The minimum atomic E-state index is -0.608. The zero-order chi connectivity index (χ0) is 8.59. The van der Waals surface area contributed by atoms with E-state index in [9.17, 15) is 4.39 Å². The minimum absolute atomic E-state index is 0. The molecule has 0 spiro atoms. The summed E-state index contributed by atoms with van der Waals surface area (Å²) in [5.74, 6) is -0.608. The molecule has 0 radical (unpaired) electrons. The lowest BCUT2D eigenvalue weighted by atomic mass is 10.3. The number of benzene rings is 1. The van der Waals surface area contributed by atoms with E-state index in [2.05, 4.69) is 15.9 Å². The molecule has 0 bridgehead atoms. The molecule has 0 unspecified atom stereocenters. The van der Waals surface area contributed by atoms with Crippen molar-refractivity contribution in [2.24, 2.45) is 0 Å². The van der Waals surface area contributed by atoms with E-state index in [0.29, 0.717) is 4.47 Å². The van der Waals surface area contributed by atoms with Crippen LogP contribution in [0.5, 0.6) is 0 Å². The van der Waals surface area contributed by atoms with Crippen LogP contribution in [0.3, 0.4) is 0 Å². The third kappa shape index (κ3) is 2.16. The predicted molar refractivity (Wildman–Crippen MR) is 55.8 cm³/mol. The van der Waals surface area contributed by atoms with Gasteiger partial charge in [-0.15, -0.1) is 12.4 Å². The molecule has 0 fully saturated rings. The molecule has 0 aliphatic rings. The van der Waals surface area contributed by atoms with Crippen LogP contribution >= 0.6 is 51.5 Å². The Morgan fingerprint density at radius 2 is 1.92 bits per heavy atom. The van der Waals surface area contributed by atoms with E-state index in [1.807, 2.05) is 0 Å². The molecular weight excluding hydrogens is 291 g/mol. The second kappa shape index (κ2) is 4.51. The van der Waals surface area contributed by atoms with Gasteiger partial charge in [-0.2, -0.15) is 0 Å². The summed E-state index contributed by atoms with van der Waals surface area (Å²) in [5.41, 5.74) is 5.16. The normalized spacial score (nSPS) is 9.33. The van der Waals surface area contributed by atoms with Gasteiger partial charge in [0.05, 0.1) is 20.2 Å². The SMILES string of the molecule is Cl.Nc1c(F)cc(Cl)c(Br)c1Cl. The molecule has 0 saturated carbocycles. The number of hydrogen-bond donors (Lipinski definition) is 1. The van der Waals surface area contributed by atoms with E-state index < -0.39 is 5.82 Å². The summed E-state index contributed by atoms with van der Waals surface area (Å²) in [6.45, 7) is 0. The van der Waals surface area contributed by atoms with Gasteiger partial charge < -0.3 is 5.73 Å². The summed E-state index contributed by atoms with van der Waals surface area (Å²) in [7, 11) is 0. The van der Waals surface area contributed by atoms with Crippen LogP contribution in [0.4, 0.5) is 10.1 Å². The highest BCUT2D eigenvalue weighted by atomic mass is 79.9. The van der Waals surface area contributed by atoms with Crippen LogP contribution < -0.4 is 5.73 Å². The fraction of sp³-hybridized carbons (Fsp3) is 0. The highest BCUT2D eigenvalue weighted by molar-refractivity contribution is 9.10. The molecule has 1 aromatic rings. The molecule has 0 saturated heterocycles. The number of anilines is 1. The van der Waals surface area contributed by atoms with E-state index in [-0.39, 0.29) is 28.1 Å². The van der Waals surface area contributed by atoms with Gasteiger partial charge in [0.25, 0.3) is 0 Å². The minimum Gasteiger partial charge on any atom is -0.395 e. The van der Waals surface area contributed by atoms with Gasteiger partial charge in [0.15, 0.2) is 0 Å². The Bertz CT molecular complexity index is 279. The fourth-order valence-electron chi connectivity index (χ4n) is 0.580. The first kappa shape index (κ1) is 12.3. The van der Waals surface area contributed by atoms with Gasteiger partial charge in [-0.3, -0.25) is 0 Å².